The second-order valence-corrected chi connectivity index (χ2v) is 6.47. The fraction of sp³-hybridized carbons (Fsp3) is 0.263. The molecular weight excluding hydrogens is 375 g/mol. The molecule has 1 fully saturated rings. The van der Waals surface area contributed by atoms with Gasteiger partial charge in [-0.25, -0.2) is 4.39 Å². The Morgan fingerprint density at radius 2 is 1.93 bits per heavy atom. The number of nitrogens with zero attached hydrogens (tertiary/aromatic N) is 1. The molecule has 0 aromatic heterocycles. The van der Waals surface area contributed by atoms with Crippen LogP contribution >= 0.6 is 11.6 Å². The van der Waals surface area contributed by atoms with Crippen molar-refractivity contribution in [1.82, 2.24) is 0 Å². The average Bonchev–Trinajstić information content (AvgIpc) is 3.05. The van der Waals surface area contributed by atoms with Crippen LogP contribution in [-0.2, 0) is 9.59 Å². The fourth-order valence-corrected chi connectivity index (χ4v) is 3.12. The van der Waals surface area contributed by atoms with E-state index in [0.717, 1.165) is 0 Å². The van der Waals surface area contributed by atoms with Gasteiger partial charge in [0, 0.05) is 30.4 Å². The first-order chi connectivity index (χ1) is 12.9. The van der Waals surface area contributed by atoms with E-state index in [1.54, 1.807) is 18.2 Å². The monoisotopic (exact) mass is 392 g/mol. The van der Waals surface area contributed by atoms with Crippen LogP contribution in [0.2, 0.25) is 5.02 Å². The first kappa shape index (κ1) is 19.0. The molecular formula is C19H18ClFN2O4. The van der Waals surface area contributed by atoms with Crippen molar-refractivity contribution in [1.29, 1.82) is 0 Å². The molecule has 1 N–H and O–H groups in total. The van der Waals surface area contributed by atoms with Crippen LogP contribution in [-0.4, -0.2) is 32.6 Å². The number of amides is 2. The number of rotatable bonds is 5. The molecule has 3 rings (SSSR count). The van der Waals surface area contributed by atoms with Crippen molar-refractivity contribution in [3.63, 3.8) is 0 Å². The summed E-state index contributed by atoms with van der Waals surface area (Å²) in [5.74, 6) is -0.563. The highest BCUT2D eigenvalue weighted by molar-refractivity contribution is 6.31. The van der Waals surface area contributed by atoms with Gasteiger partial charge >= 0.3 is 0 Å². The van der Waals surface area contributed by atoms with Crippen molar-refractivity contribution in [3.05, 3.63) is 47.2 Å². The molecule has 2 aromatic rings. The Morgan fingerprint density at radius 3 is 2.59 bits per heavy atom. The van der Waals surface area contributed by atoms with E-state index in [-0.39, 0.29) is 29.8 Å². The molecule has 1 aliphatic rings. The highest BCUT2D eigenvalue weighted by atomic mass is 35.5. The van der Waals surface area contributed by atoms with Gasteiger partial charge in [0.25, 0.3) is 0 Å². The zero-order chi connectivity index (χ0) is 19.6. The summed E-state index contributed by atoms with van der Waals surface area (Å²) in [6, 6.07) is 9.05. The molecule has 6 nitrogen and oxygen atoms in total. The molecule has 8 heteroatoms. The minimum absolute atomic E-state index is 0.0636. The summed E-state index contributed by atoms with van der Waals surface area (Å²) in [4.78, 5) is 26.3. The molecule has 0 radical (unpaired) electrons. The van der Waals surface area contributed by atoms with Gasteiger partial charge in [-0.2, -0.15) is 0 Å². The Kier molecular flexibility index (Phi) is 5.51. The average molecular weight is 393 g/mol. The Hall–Kier alpha value is -2.80. The number of ether oxygens (including phenoxy) is 2. The molecule has 1 atom stereocenters. The largest absolute Gasteiger partial charge is 0.493 e. The highest BCUT2D eigenvalue weighted by Gasteiger charge is 2.35. The number of anilines is 2. The SMILES string of the molecule is COc1ccc(NC(=O)C2CC(=O)N(c3ccc(F)c(Cl)c3)C2)cc1OC. The molecule has 2 amide bonds. The molecule has 27 heavy (non-hydrogen) atoms. The van der Waals surface area contributed by atoms with E-state index < -0.39 is 11.7 Å². The third kappa shape index (κ3) is 3.98. The molecule has 1 unspecified atom stereocenters. The summed E-state index contributed by atoms with van der Waals surface area (Å²) in [5.41, 5.74) is 1.00. The van der Waals surface area contributed by atoms with Crippen LogP contribution in [0.1, 0.15) is 6.42 Å². The third-order valence-corrected chi connectivity index (χ3v) is 4.65. The topological polar surface area (TPSA) is 67.9 Å². The molecule has 2 aromatic carbocycles. The van der Waals surface area contributed by atoms with Gasteiger partial charge in [-0.3, -0.25) is 9.59 Å². The number of methoxy groups -OCH3 is 2. The first-order valence-corrected chi connectivity index (χ1v) is 8.59. The zero-order valence-electron chi connectivity index (χ0n) is 14.8. The van der Waals surface area contributed by atoms with Crippen molar-refractivity contribution < 1.29 is 23.5 Å². The van der Waals surface area contributed by atoms with Crippen molar-refractivity contribution in [2.75, 3.05) is 31.0 Å². The molecule has 142 valence electrons. The van der Waals surface area contributed by atoms with Crippen LogP contribution in [0.15, 0.2) is 36.4 Å². The van der Waals surface area contributed by atoms with Gasteiger partial charge in [-0.15, -0.1) is 0 Å². The number of benzene rings is 2. The summed E-state index contributed by atoms with van der Waals surface area (Å²) in [7, 11) is 3.03. The van der Waals surface area contributed by atoms with Gasteiger partial charge in [-0.05, 0) is 30.3 Å². The molecule has 1 aliphatic heterocycles. The van der Waals surface area contributed by atoms with Gasteiger partial charge in [0.1, 0.15) is 5.82 Å². The lowest BCUT2D eigenvalue weighted by Gasteiger charge is -2.17. The minimum Gasteiger partial charge on any atom is -0.493 e. The quantitative estimate of drug-likeness (QED) is 0.845. The molecule has 0 aliphatic carbocycles. The number of carbonyl (C=O) groups excluding carboxylic acids is 2. The standard InChI is InChI=1S/C19H18ClFN2O4/c1-26-16-6-3-12(8-17(16)27-2)22-19(25)11-7-18(24)23(10-11)13-4-5-15(21)14(20)9-13/h3-6,8-9,11H,7,10H2,1-2H3,(H,22,25). The van der Waals surface area contributed by atoms with Gasteiger partial charge < -0.3 is 19.7 Å². The molecule has 0 bridgehead atoms. The number of halogens is 2. The maximum atomic E-state index is 13.3. The van der Waals surface area contributed by atoms with Crippen molar-refractivity contribution in [2.24, 2.45) is 5.92 Å². The molecule has 0 spiro atoms. The van der Waals surface area contributed by atoms with Crippen molar-refractivity contribution in [2.45, 2.75) is 6.42 Å². The minimum atomic E-state index is -0.560. The van der Waals surface area contributed by atoms with E-state index >= 15 is 0 Å². The lowest BCUT2D eigenvalue weighted by molar-refractivity contribution is -0.122. The Bertz CT molecular complexity index is 890. The van der Waals surface area contributed by atoms with Gasteiger partial charge in [0.05, 0.1) is 25.2 Å². The van der Waals surface area contributed by atoms with Crippen LogP contribution in [0.3, 0.4) is 0 Å². The Labute approximate surface area is 160 Å². The van der Waals surface area contributed by atoms with E-state index in [2.05, 4.69) is 5.32 Å². The van der Waals surface area contributed by atoms with Gasteiger partial charge in [-0.1, -0.05) is 11.6 Å². The second kappa shape index (κ2) is 7.84. The first-order valence-electron chi connectivity index (χ1n) is 8.21. The molecule has 1 saturated heterocycles. The van der Waals surface area contributed by atoms with E-state index in [0.29, 0.717) is 22.9 Å². The zero-order valence-corrected chi connectivity index (χ0v) is 15.5. The fourth-order valence-electron chi connectivity index (χ4n) is 2.94. The summed E-state index contributed by atoms with van der Waals surface area (Å²) in [6.45, 7) is 0.194. The summed E-state index contributed by atoms with van der Waals surface area (Å²) in [6.07, 6.45) is 0.0636. The third-order valence-electron chi connectivity index (χ3n) is 4.36. The predicted molar refractivity (Wildman–Crippen MR) is 100 cm³/mol. The highest BCUT2D eigenvalue weighted by Crippen LogP contribution is 2.32. The van der Waals surface area contributed by atoms with E-state index in [4.69, 9.17) is 21.1 Å². The van der Waals surface area contributed by atoms with Crippen LogP contribution in [0.25, 0.3) is 0 Å². The molecule has 0 saturated carbocycles. The number of hydrogen-bond acceptors (Lipinski definition) is 4. The maximum Gasteiger partial charge on any atom is 0.229 e. The smallest absolute Gasteiger partial charge is 0.229 e. The van der Waals surface area contributed by atoms with Crippen LogP contribution in [0.5, 0.6) is 11.5 Å². The lowest BCUT2D eigenvalue weighted by Crippen LogP contribution is -2.28. The normalized spacial score (nSPS) is 16.4. The number of hydrogen-bond donors (Lipinski definition) is 1. The molecule has 1 heterocycles. The summed E-state index contributed by atoms with van der Waals surface area (Å²) < 4.78 is 23.7. The summed E-state index contributed by atoms with van der Waals surface area (Å²) in [5, 5.41) is 2.71. The Morgan fingerprint density at radius 1 is 1.19 bits per heavy atom. The van der Waals surface area contributed by atoms with Gasteiger partial charge in [0.2, 0.25) is 11.8 Å². The van der Waals surface area contributed by atoms with E-state index in [1.807, 2.05) is 0 Å². The van der Waals surface area contributed by atoms with E-state index in [1.165, 1.54) is 37.3 Å². The van der Waals surface area contributed by atoms with E-state index in [9.17, 15) is 14.0 Å². The lowest BCUT2D eigenvalue weighted by atomic mass is 10.1. The van der Waals surface area contributed by atoms with Crippen LogP contribution in [0, 0.1) is 11.7 Å². The predicted octanol–water partition coefficient (Wildman–Crippen LogP) is 3.49. The van der Waals surface area contributed by atoms with Crippen LogP contribution < -0.4 is 19.7 Å². The van der Waals surface area contributed by atoms with Crippen molar-refractivity contribution >= 4 is 34.8 Å². The number of nitrogens with one attached hydrogen (secondary N) is 1. The maximum absolute atomic E-state index is 13.3. The number of carbonyl (C=O) groups is 2. The van der Waals surface area contributed by atoms with Crippen LogP contribution in [0.4, 0.5) is 15.8 Å². The summed E-state index contributed by atoms with van der Waals surface area (Å²) >= 11 is 5.79. The van der Waals surface area contributed by atoms with Gasteiger partial charge in [0.15, 0.2) is 11.5 Å². The second-order valence-electron chi connectivity index (χ2n) is 6.06. The Balaban J connectivity index is 1.71. The van der Waals surface area contributed by atoms with Crippen molar-refractivity contribution in [3.8, 4) is 11.5 Å².